The molecule has 72 valence electrons. The van der Waals surface area contributed by atoms with Crippen LogP contribution in [0.3, 0.4) is 0 Å². The van der Waals surface area contributed by atoms with Gasteiger partial charge >= 0.3 is 0 Å². The molecule has 1 aromatic carbocycles. The van der Waals surface area contributed by atoms with Crippen molar-refractivity contribution in [1.82, 2.24) is 9.97 Å². The van der Waals surface area contributed by atoms with Gasteiger partial charge < -0.3 is 4.98 Å². The highest BCUT2D eigenvalue weighted by atomic mass is 79.9. The first-order chi connectivity index (χ1) is 6.66. The first-order valence-corrected chi connectivity index (χ1v) is 5.72. The Morgan fingerprint density at radius 2 is 2.00 bits per heavy atom. The van der Waals surface area contributed by atoms with Crippen LogP contribution in [-0.4, -0.2) is 9.97 Å². The zero-order chi connectivity index (χ0) is 10.1. The van der Waals surface area contributed by atoms with Gasteiger partial charge in [-0.15, -0.1) is 0 Å². The number of benzene rings is 1. The maximum absolute atomic E-state index is 4.27. The zero-order valence-corrected chi connectivity index (χ0v) is 10.7. The van der Waals surface area contributed by atoms with Gasteiger partial charge in [0.05, 0.1) is 0 Å². The molecular formula is C10H8Br2N2. The van der Waals surface area contributed by atoms with Crippen LogP contribution in [0.1, 0.15) is 5.69 Å². The van der Waals surface area contributed by atoms with Crippen molar-refractivity contribution in [1.29, 1.82) is 0 Å². The van der Waals surface area contributed by atoms with Gasteiger partial charge in [0, 0.05) is 26.4 Å². The van der Waals surface area contributed by atoms with E-state index in [-0.39, 0.29) is 0 Å². The van der Waals surface area contributed by atoms with Gasteiger partial charge in [-0.05, 0) is 50.9 Å². The molecule has 0 amide bonds. The average molecular weight is 316 g/mol. The molecule has 14 heavy (non-hydrogen) atoms. The van der Waals surface area contributed by atoms with E-state index in [0.29, 0.717) is 0 Å². The second-order valence-electron chi connectivity index (χ2n) is 3.04. The average Bonchev–Trinajstić information content (AvgIpc) is 2.57. The number of nitrogens with zero attached hydrogens (tertiary/aromatic N) is 1. The van der Waals surface area contributed by atoms with E-state index in [1.807, 2.05) is 31.3 Å². The van der Waals surface area contributed by atoms with E-state index in [2.05, 4.69) is 41.8 Å². The summed E-state index contributed by atoms with van der Waals surface area (Å²) in [6.07, 6.45) is 1.82. The minimum absolute atomic E-state index is 0.899. The standard InChI is InChI=1S/C10H8Br2N2/c1-6-5-13-10(14-6)7-2-3-8(11)9(12)4-7/h2-5H,1H3,(H,13,14). The van der Waals surface area contributed by atoms with E-state index in [9.17, 15) is 0 Å². The quantitative estimate of drug-likeness (QED) is 0.849. The minimum atomic E-state index is 0.899. The summed E-state index contributed by atoms with van der Waals surface area (Å²) in [5.41, 5.74) is 2.15. The lowest BCUT2D eigenvalue weighted by Crippen LogP contribution is -1.81. The van der Waals surface area contributed by atoms with Crippen molar-refractivity contribution in [2.75, 3.05) is 0 Å². The molecule has 0 bridgehead atoms. The second-order valence-corrected chi connectivity index (χ2v) is 4.75. The van der Waals surface area contributed by atoms with Crippen LogP contribution in [0.2, 0.25) is 0 Å². The first kappa shape index (κ1) is 9.93. The molecule has 2 rings (SSSR count). The van der Waals surface area contributed by atoms with Gasteiger partial charge in [-0.25, -0.2) is 4.98 Å². The van der Waals surface area contributed by atoms with Crippen molar-refractivity contribution in [3.05, 3.63) is 39.0 Å². The third-order valence-corrected chi connectivity index (χ3v) is 3.78. The molecule has 1 heterocycles. The van der Waals surface area contributed by atoms with Gasteiger partial charge in [0.25, 0.3) is 0 Å². The number of rotatable bonds is 1. The highest BCUT2D eigenvalue weighted by Gasteiger charge is 2.03. The Bertz CT molecular complexity index is 463. The molecule has 0 atom stereocenters. The fraction of sp³-hybridized carbons (Fsp3) is 0.100. The van der Waals surface area contributed by atoms with Gasteiger partial charge in [-0.3, -0.25) is 0 Å². The number of H-pyrrole nitrogens is 1. The fourth-order valence-electron chi connectivity index (χ4n) is 1.20. The number of aromatic nitrogens is 2. The lowest BCUT2D eigenvalue weighted by Gasteiger charge is -1.99. The molecule has 0 saturated heterocycles. The van der Waals surface area contributed by atoms with Crippen LogP contribution in [0.4, 0.5) is 0 Å². The van der Waals surface area contributed by atoms with Crippen LogP contribution in [0.25, 0.3) is 11.4 Å². The normalized spacial score (nSPS) is 10.5. The summed E-state index contributed by atoms with van der Waals surface area (Å²) in [6, 6.07) is 6.05. The fourth-order valence-corrected chi connectivity index (χ4v) is 1.83. The summed E-state index contributed by atoms with van der Waals surface area (Å²) in [5, 5.41) is 0. The Balaban J connectivity index is 2.47. The Morgan fingerprint density at radius 1 is 1.21 bits per heavy atom. The molecule has 0 spiro atoms. The second kappa shape index (κ2) is 3.87. The van der Waals surface area contributed by atoms with Crippen molar-refractivity contribution in [3.8, 4) is 11.4 Å². The van der Waals surface area contributed by atoms with Gasteiger partial charge in [-0.2, -0.15) is 0 Å². The van der Waals surface area contributed by atoms with Crippen molar-refractivity contribution in [2.24, 2.45) is 0 Å². The lowest BCUT2D eigenvalue weighted by atomic mass is 10.2. The van der Waals surface area contributed by atoms with Crippen LogP contribution in [0.15, 0.2) is 33.3 Å². The van der Waals surface area contributed by atoms with Gasteiger partial charge in [-0.1, -0.05) is 6.07 Å². The summed E-state index contributed by atoms with van der Waals surface area (Å²) >= 11 is 6.89. The minimum Gasteiger partial charge on any atom is -0.342 e. The number of aryl methyl sites for hydroxylation is 1. The monoisotopic (exact) mass is 314 g/mol. The number of aromatic amines is 1. The molecule has 0 saturated carbocycles. The van der Waals surface area contributed by atoms with Crippen LogP contribution in [-0.2, 0) is 0 Å². The smallest absolute Gasteiger partial charge is 0.137 e. The van der Waals surface area contributed by atoms with Gasteiger partial charge in [0.2, 0.25) is 0 Å². The van der Waals surface area contributed by atoms with E-state index in [4.69, 9.17) is 0 Å². The number of nitrogens with one attached hydrogen (secondary N) is 1. The Hall–Kier alpha value is -0.610. The third kappa shape index (κ3) is 1.91. The molecule has 2 nitrogen and oxygen atoms in total. The van der Waals surface area contributed by atoms with Crippen LogP contribution in [0, 0.1) is 6.92 Å². The van der Waals surface area contributed by atoms with Crippen molar-refractivity contribution in [2.45, 2.75) is 6.92 Å². The molecule has 0 aliphatic heterocycles. The number of imidazole rings is 1. The van der Waals surface area contributed by atoms with Gasteiger partial charge in [0.1, 0.15) is 5.82 Å². The maximum atomic E-state index is 4.27. The van der Waals surface area contributed by atoms with E-state index in [1.54, 1.807) is 0 Å². The molecular weight excluding hydrogens is 308 g/mol. The molecule has 0 radical (unpaired) electrons. The summed E-state index contributed by atoms with van der Waals surface area (Å²) in [6.45, 7) is 1.99. The predicted octanol–water partition coefficient (Wildman–Crippen LogP) is 3.91. The number of halogens is 2. The van der Waals surface area contributed by atoms with Crippen LogP contribution < -0.4 is 0 Å². The SMILES string of the molecule is Cc1cnc(-c2ccc(Br)c(Br)c2)[nH]1. The summed E-state index contributed by atoms with van der Waals surface area (Å²) in [7, 11) is 0. The third-order valence-electron chi connectivity index (χ3n) is 1.90. The number of hydrogen-bond donors (Lipinski definition) is 1. The molecule has 2 aromatic rings. The molecule has 0 aliphatic carbocycles. The van der Waals surface area contributed by atoms with Crippen molar-refractivity contribution < 1.29 is 0 Å². The molecule has 0 unspecified atom stereocenters. The van der Waals surface area contributed by atoms with Crippen LogP contribution in [0.5, 0.6) is 0 Å². The maximum Gasteiger partial charge on any atom is 0.137 e. The summed E-state index contributed by atoms with van der Waals surface area (Å²) in [5.74, 6) is 0.899. The van der Waals surface area contributed by atoms with E-state index >= 15 is 0 Å². The Kier molecular flexibility index (Phi) is 2.74. The topological polar surface area (TPSA) is 28.7 Å². The Labute approximate surface area is 99.0 Å². The summed E-state index contributed by atoms with van der Waals surface area (Å²) in [4.78, 5) is 7.46. The van der Waals surface area contributed by atoms with Crippen molar-refractivity contribution >= 4 is 31.9 Å². The molecule has 0 fully saturated rings. The first-order valence-electron chi connectivity index (χ1n) is 4.14. The molecule has 1 aromatic heterocycles. The predicted molar refractivity (Wildman–Crippen MR) is 64.2 cm³/mol. The number of hydrogen-bond acceptors (Lipinski definition) is 1. The lowest BCUT2D eigenvalue weighted by molar-refractivity contribution is 1.25. The van der Waals surface area contributed by atoms with E-state index < -0.39 is 0 Å². The molecule has 1 N–H and O–H groups in total. The summed E-state index contributed by atoms with van der Waals surface area (Å²) < 4.78 is 2.08. The highest BCUT2D eigenvalue weighted by molar-refractivity contribution is 9.13. The van der Waals surface area contributed by atoms with Crippen molar-refractivity contribution in [3.63, 3.8) is 0 Å². The van der Waals surface area contributed by atoms with E-state index in [1.165, 1.54) is 0 Å². The van der Waals surface area contributed by atoms with E-state index in [0.717, 1.165) is 26.0 Å². The zero-order valence-electron chi connectivity index (χ0n) is 7.51. The molecule has 4 heteroatoms. The largest absolute Gasteiger partial charge is 0.342 e. The van der Waals surface area contributed by atoms with Crippen LogP contribution >= 0.6 is 31.9 Å². The Morgan fingerprint density at radius 3 is 2.57 bits per heavy atom. The highest BCUT2D eigenvalue weighted by Crippen LogP contribution is 2.27. The molecule has 0 aliphatic rings. The van der Waals surface area contributed by atoms with Gasteiger partial charge in [0.15, 0.2) is 0 Å².